The molecule has 0 amide bonds. The first-order valence-corrected chi connectivity index (χ1v) is 11.3. The summed E-state index contributed by atoms with van der Waals surface area (Å²) in [5, 5.41) is 7.07. The van der Waals surface area contributed by atoms with E-state index < -0.39 is 11.7 Å². The van der Waals surface area contributed by atoms with Crippen molar-refractivity contribution < 1.29 is 17.9 Å². The summed E-state index contributed by atoms with van der Waals surface area (Å²) in [6.45, 7) is 2.90. The molecular weight excluding hydrogens is 457 g/mol. The van der Waals surface area contributed by atoms with Gasteiger partial charge in [-0.2, -0.15) is 18.1 Å². The van der Waals surface area contributed by atoms with Crippen LogP contribution in [0.15, 0.2) is 59.9 Å². The number of hydrogen-bond donors (Lipinski definition) is 1. The van der Waals surface area contributed by atoms with Crippen molar-refractivity contribution in [2.45, 2.75) is 32.6 Å². The fourth-order valence-corrected chi connectivity index (χ4v) is 4.54. The molecule has 6 nitrogen and oxygen atoms in total. The second-order valence-electron chi connectivity index (χ2n) is 8.55. The zero-order valence-corrected chi connectivity index (χ0v) is 19.0. The lowest BCUT2D eigenvalue weighted by molar-refractivity contribution is -0.138. The highest BCUT2D eigenvalue weighted by Crippen LogP contribution is 2.34. The lowest BCUT2D eigenvalue weighted by Gasteiger charge is -2.17. The number of halogens is 3. The van der Waals surface area contributed by atoms with Crippen LogP contribution in [0.4, 0.5) is 19.0 Å². The zero-order chi connectivity index (χ0) is 24.6. The van der Waals surface area contributed by atoms with Crippen LogP contribution in [0, 0.1) is 11.8 Å². The molecule has 2 aromatic heterocycles. The normalized spacial score (nSPS) is 14.3. The highest BCUT2D eigenvalue weighted by molar-refractivity contribution is 5.94. The van der Waals surface area contributed by atoms with Gasteiger partial charge in [-0.25, -0.2) is 4.98 Å². The summed E-state index contributed by atoms with van der Waals surface area (Å²) in [5.74, 6) is 0.558. The molecule has 0 radical (unpaired) electrons. The van der Waals surface area contributed by atoms with Crippen molar-refractivity contribution in [3.8, 4) is 0 Å². The van der Waals surface area contributed by atoms with Gasteiger partial charge in [0.05, 0.1) is 24.3 Å². The van der Waals surface area contributed by atoms with Gasteiger partial charge >= 0.3 is 6.18 Å². The van der Waals surface area contributed by atoms with Crippen molar-refractivity contribution >= 4 is 27.9 Å². The third kappa shape index (κ3) is 4.51. The summed E-state index contributed by atoms with van der Waals surface area (Å²) in [6, 6.07) is 12.1. The largest absolute Gasteiger partial charge is 0.416 e. The van der Waals surface area contributed by atoms with Crippen LogP contribution in [0.1, 0.15) is 34.2 Å². The second kappa shape index (κ2) is 9.14. The molecule has 0 bridgehead atoms. The number of hydrogen-bond acceptors (Lipinski definition) is 5. The lowest BCUT2D eigenvalue weighted by Crippen LogP contribution is -2.11. The van der Waals surface area contributed by atoms with Crippen molar-refractivity contribution in [2.75, 3.05) is 18.5 Å². The molecule has 0 unspecified atom stereocenters. The minimum atomic E-state index is -4.41. The highest BCUT2D eigenvalue weighted by Gasteiger charge is 2.32. The fourth-order valence-electron chi connectivity index (χ4n) is 4.54. The monoisotopic (exact) mass is 480 g/mol. The van der Waals surface area contributed by atoms with E-state index in [1.807, 2.05) is 28.8 Å². The first-order valence-electron chi connectivity index (χ1n) is 11.3. The molecule has 1 aliphatic heterocycles. The van der Waals surface area contributed by atoms with Crippen LogP contribution in [-0.2, 0) is 24.0 Å². The van der Waals surface area contributed by atoms with Crippen molar-refractivity contribution in [2.24, 2.45) is 5.18 Å². The van der Waals surface area contributed by atoms with E-state index in [0.29, 0.717) is 30.2 Å². The van der Waals surface area contributed by atoms with Gasteiger partial charge in [-0.05, 0) is 65.4 Å². The molecule has 0 spiro atoms. The Balaban J connectivity index is 1.59. The number of nitroso groups, excluding NO2 is 1. The van der Waals surface area contributed by atoms with Crippen LogP contribution in [-0.4, -0.2) is 22.6 Å². The number of benzene rings is 2. The van der Waals surface area contributed by atoms with E-state index in [2.05, 4.69) is 16.6 Å². The van der Waals surface area contributed by atoms with Crippen molar-refractivity contribution in [1.82, 2.24) is 9.38 Å². The molecule has 1 N–H and O–H groups in total. The first-order chi connectivity index (χ1) is 16.8. The van der Waals surface area contributed by atoms with Crippen LogP contribution in [0.3, 0.4) is 0 Å². The van der Waals surface area contributed by atoms with Crippen LogP contribution in [0.5, 0.6) is 0 Å². The fraction of sp³-hybridized carbons (Fsp3) is 0.269. The maximum atomic E-state index is 13.4. The Morgan fingerprint density at radius 2 is 2.06 bits per heavy atom. The van der Waals surface area contributed by atoms with E-state index in [1.54, 1.807) is 12.1 Å². The number of anilines is 1. The van der Waals surface area contributed by atoms with Crippen LogP contribution < -0.4 is 5.32 Å². The topological polar surface area (TPSA) is 68.0 Å². The van der Waals surface area contributed by atoms with Gasteiger partial charge in [0, 0.05) is 18.1 Å². The average molecular weight is 480 g/mol. The number of fused-ring (bicyclic) bond motifs is 3. The molecule has 180 valence electrons. The summed E-state index contributed by atoms with van der Waals surface area (Å²) in [4.78, 5) is 15.6. The van der Waals surface area contributed by atoms with Gasteiger partial charge < -0.3 is 14.5 Å². The standard InChI is InChI=1S/C26H23F3N4O2/c1-16-20(3-2-4-22(16)26(27,28)29)14-30-25-21-12-19(18-7-9-35-10-8-18)5-6-23(21)33-15-17(13-31-34)11-24(33)32-25/h2-7,11-12,15H,8-10,13-14H2,1H3,(H,30,32). The quantitative estimate of drug-likeness (QED) is 0.320. The maximum Gasteiger partial charge on any atom is 0.416 e. The summed E-state index contributed by atoms with van der Waals surface area (Å²) in [5.41, 5.74) is 4.53. The molecule has 4 aromatic rings. The smallest absolute Gasteiger partial charge is 0.377 e. The maximum absolute atomic E-state index is 13.4. The third-order valence-electron chi connectivity index (χ3n) is 6.37. The predicted molar refractivity (Wildman–Crippen MR) is 129 cm³/mol. The number of aromatic nitrogens is 2. The van der Waals surface area contributed by atoms with Crippen molar-refractivity contribution in [3.05, 3.63) is 87.5 Å². The van der Waals surface area contributed by atoms with Crippen molar-refractivity contribution in [1.29, 1.82) is 0 Å². The van der Waals surface area contributed by atoms with Gasteiger partial charge in [0.1, 0.15) is 18.0 Å². The molecule has 35 heavy (non-hydrogen) atoms. The summed E-state index contributed by atoms with van der Waals surface area (Å²) in [7, 11) is 0. The van der Waals surface area contributed by atoms with Gasteiger partial charge in [0.15, 0.2) is 0 Å². The molecule has 9 heteroatoms. The molecular formula is C26H23F3N4O2. The Hall–Kier alpha value is -3.72. The van der Waals surface area contributed by atoms with E-state index in [0.717, 1.165) is 34.5 Å². The van der Waals surface area contributed by atoms with E-state index >= 15 is 0 Å². The molecule has 0 fully saturated rings. The Morgan fingerprint density at radius 1 is 1.20 bits per heavy atom. The average Bonchev–Trinajstić information content (AvgIpc) is 3.25. The first kappa shape index (κ1) is 23.0. The molecule has 0 aliphatic carbocycles. The van der Waals surface area contributed by atoms with E-state index in [9.17, 15) is 18.1 Å². The number of ether oxygens (including phenoxy) is 1. The lowest BCUT2D eigenvalue weighted by atomic mass is 9.99. The molecule has 1 aliphatic rings. The van der Waals surface area contributed by atoms with E-state index in [1.165, 1.54) is 18.6 Å². The van der Waals surface area contributed by atoms with Gasteiger partial charge in [-0.15, -0.1) is 0 Å². The molecule has 3 heterocycles. The Morgan fingerprint density at radius 3 is 2.80 bits per heavy atom. The van der Waals surface area contributed by atoms with Gasteiger partial charge in [0.25, 0.3) is 0 Å². The molecule has 0 saturated heterocycles. The summed E-state index contributed by atoms with van der Waals surface area (Å²) < 4.78 is 47.5. The zero-order valence-electron chi connectivity index (χ0n) is 19.0. The Kier molecular flexibility index (Phi) is 6.02. The van der Waals surface area contributed by atoms with Crippen LogP contribution >= 0.6 is 0 Å². The van der Waals surface area contributed by atoms with E-state index in [-0.39, 0.29) is 18.7 Å². The van der Waals surface area contributed by atoms with E-state index in [4.69, 9.17) is 9.72 Å². The number of nitrogens with zero attached hydrogens (tertiary/aromatic N) is 3. The van der Waals surface area contributed by atoms with Crippen LogP contribution in [0.2, 0.25) is 0 Å². The number of nitrogens with one attached hydrogen (secondary N) is 1. The molecule has 0 atom stereocenters. The molecule has 5 rings (SSSR count). The Labute approximate surface area is 199 Å². The third-order valence-corrected chi connectivity index (χ3v) is 6.37. The second-order valence-corrected chi connectivity index (χ2v) is 8.55. The van der Waals surface area contributed by atoms with Crippen molar-refractivity contribution in [3.63, 3.8) is 0 Å². The summed E-state index contributed by atoms with van der Waals surface area (Å²) in [6.07, 6.45) is 0.275. The SMILES string of the molecule is Cc1c(CNc2nc3cc(CN=O)cn3c3ccc(C4=CCOCC4)cc23)cccc1C(F)(F)F. The molecule has 2 aromatic carbocycles. The Bertz CT molecular complexity index is 1460. The molecule has 0 saturated carbocycles. The number of alkyl halides is 3. The predicted octanol–water partition coefficient (Wildman–Crippen LogP) is 6.50. The minimum Gasteiger partial charge on any atom is -0.377 e. The highest BCUT2D eigenvalue weighted by atomic mass is 19.4. The van der Waals surface area contributed by atoms with Gasteiger partial charge in [-0.1, -0.05) is 29.5 Å². The number of rotatable bonds is 6. The van der Waals surface area contributed by atoms with Gasteiger partial charge in [-0.3, -0.25) is 0 Å². The minimum absolute atomic E-state index is 0.0298. The van der Waals surface area contributed by atoms with Crippen LogP contribution in [0.25, 0.3) is 22.1 Å². The van der Waals surface area contributed by atoms with Gasteiger partial charge in [0.2, 0.25) is 0 Å². The summed E-state index contributed by atoms with van der Waals surface area (Å²) >= 11 is 0.